The lowest BCUT2D eigenvalue weighted by atomic mass is 10.1. The van der Waals surface area contributed by atoms with Crippen LogP contribution in [0.4, 0.5) is 0 Å². The van der Waals surface area contributed by atoms with Crippen LogP contribution < -0.4 is 14.2 Å². The van der Waals surface area contributed by atoms with Gasteiger partial charge in [-0.15, -0.1) is 12.3 Å². The Morgan fingerprint density at radius 2 is 1.86 bits per heavy atom. The van der Waals surface area contributed by atoms with Gasteiger partial charge in [0, 0.05) is 25.4 Å². The maximum absolute atomic E-state index is 11.9. The predicted octanol–water partition coefficient (Wildman–Crippen LogP) is 1.69. The van der Waals surface area contributed by atoms with Gasteiger partial charge in [-0.2, -0.15) is 0 Å². The molecule has 112 valence electrons. The first kappa shape index (κ1) is 15.0. The highest BCUT2D eigenvalue weighted by atomic mass is 16.5. The highest BCUT2D eigenvalue weighted by Crippen LogP contribution is 2.38. The summed E-state index contributed by atoms with van der Waals surface area (Å²) in [5, 5.41) is 0. The average molecular weight is 289 g/mol. The van der Waals surface area contributed by atoms with Crippen LogP contribution in [-0.4, -0.2) is 38.7 Å². The molecule has 0 saturated carbocycles. The first-order valence-electron chi connectivity index (χ1n) is 6.65. The molecule has 1 aromatic carbocycles. The molecule has 21 heavy (non-hydrogen) atoms. The molecule has 0 spiro atoms. The van der Waals surface area contributed by atoms with Gasteiger partial charge in [0.2, 0.25) is 11.7 Å². The summed E-state index contributed by atoms with van der Waals surface area (Å²) in [5.74, 6) is 4.41. The molecular formula is C16H19NO4. The van der Waals surface area contributed by atoms with Gasteiger partial charge in [-0.1, -0.05) is 0 Å². The summed E-state index contributed by atoms with van der Waals surface area (Å²) < 4.78 is 15.9. The van der Waals surface area contributed by atoms with E-state index < -0.39 is 0 Å². The number of likely N-dealkylation sites (tertiary alicyclic amines) is 1. The lowest BCUT2D eigenvalue weighted by Gasteiger charge is -2.18. The number of benzene rings is 1. The molecule has 1 heterocycles. The quantitative estimate of drug-likeness (QED) is 0.774. The topological polar surface area (TPSA) is 48.0 Å². The zero-order valence-corrected chi connectivity index (χ0v) is 12.5. The van der Waals surface area contributed by atoms with Gasteiger partial charge in [0.05, 0.1) is 21.3 Å². The van der Waals surface area contributed by atoms with Crippen molar-refractivity contribution in [3.63, 3.8) is 0 Å². The predicted molar refractivity (Wildman–Crippen MR) is 78.5 cm³/mol. The van der Waals surface area contributed by atoms with E-state index in [4.69, 9.17) is 20.6 Å². The van der Waals surface area contributed by atoms with Crippen molar-refractivity contribution >= 4 is 5.91 Å². The van der Waals surface area contributed by atoms with Crippen LogP contribution in [0.15, 0.2) is 12.1 Å². The second-order valence-corrected chi connectivity index (χ2v) is 4.88. The summed E-state index contributed by atoms with van der Waals surface area (Å²) in [7, 11) is 4.69. The number of carbonyl (C=O) groups is 1. The molecule has 1 unspecified atom stereocenters. The van der Waals surface area contributed by atoms with Crippen molar-refractivity contribution < 1.29 is 19.0 Å². The third-order valence-electron chi connectivity index (χ3n) is 3.55. The Morgan fingerprint density at radius 3 is 2.29 bits per heavy atom. The van der Waals surface area contributed by atoms with Crippen LogP contribution >= 0.6 is 0 Å². The molecule has 1 aliphatic heterocycles. The van der Waals surface area contributed by atoms with E-state index in [0.717, 1.165) is 5.56 Å². The molecule has 1 aromatic rings. The molecule has 1 saturated heterocycles. The second-order valence-electron chi connectivity index (χ2n) is 4.88. The molecule has 1 fully saturated rings. The van der Waals surface area contributed by atoms with Crippen molar-refractivity contribution in [1.29, 1.82) is 0 Å². The molecule has 2 rings (SSSR count). The highest BCUT2D eigenvalue weighted by molar-refractivity contribution is 5.79. The third kappa shape index (κ3) is 3.05. The number of methoxy groups -OCH3 is 3. The normalized spacial score (nSPS) is 17.5. The third-order valence-corrected chi connectivity index (χ3v) is 3.55. The van der Waals surface area contributed by atoms with Crippen molar-refractivity contribution in [3.05, 3.63) is 17.7 Å². The largest absolute Gasteiger partial charge is 0.493 e. The van der Waals surface area contributed by atoms with Crippen LogP contribution in [0.3, 0.4) is 0 Å². The average Bonchev–Trinajstić information content (AvgIpc) is 2.86. The Bertz CT molecular complexity index is 551. The summed E-state index contributed by atoms with van der Waals surface area (Å²) >= 11 is 0. The zero-order chi connectivity index (χ0) is 15.4. The minimum absolute atomic E-state index is 0.000426. The Kier molecular flexibility index (Phi) is 4.59. The van der Waals surface area contributed by atoms with Crippen LogP contribution in [0, 0.1) is 18.3 Å². The van der Waals surface area contributed by atoms with Crippen LogP contribution in [0.25, 0.3) is 0 Å². The van der Waals surface area contributed by atoms with Crippen molar-refractivity contribution in [2.24, 2.45) is 5.92 Å². The second kappa shape index (κ2) is 6.40. The first-order chi connectivity index (χ1) is 10.1. The number of carbonyl (C=O) groups excluding carboxylic acids is 1. The van der Waals surface area contributed by atoms with Crippen LogP contribution in [0.5, 0.6) is 17.2 Å². The Balaban J connectivity index is 2.25. The van der Waals surface area contributed by atoms with Crippen molar-refractivity contribution in [3.8, 4) is 29.6 Å². The minimum atomic E-state index is -0.000426. The molecule has 5 heteroatoms. The van der Waals surface area contributed by atoms with Gasteiger partial charge >= 0.3 is 0 Å². The molecule has 1 atom stereocenters. The summed E-state index contributed by atoms with van der Waals surface area (Å²) in [6.07, 6.45) is 5.81. The molecule has 0 N–H and O–H groups in total. The van der Waals surface area contributed by atoms with E-state index in [9.17, 15) is 4.79 Å². The fraction of sp³-hybridized carbons (Fsp3) is 0.438. The van der Waals surface area contributed by atoms with Gasteiger partial charge in [0.15, 0.2) is 11.5 Å². The fourth-order valence-corrected chi connectivity index (χ4v) is 2.48. The maximum atomic E-state index is 11.9. The lowest BCUT2D eigenvalue weighted by Crippen LogP contribution is -2.24. The molecular weight excluding hydrogens is 270 g/mol. The van der Waals surface area contributed by atoms with Crippen LogP contribution in [-0.2, 0) is 11.3 Å². The minimum Gasteiger partial charge on any atom is -0.493 e. The van der Waals surface area contributed by atoms with E-state index >= 15 is 0 Å². The van der Waals surface area contributed by atoms with Crippen molar-refractivity contribution in [1.82, 2.24) is 4.90 Å². The lowest BCUT2D eigenvalue weighted by molar-refractivity contribution is -0.128. The number of nitrogens with zero attached hydrogens (tertiary/aromatic N) is 1. The first-order valence-corrected chi connectivity index (χ1v) is 6.65. The molecule has 1 aliphatic rings. The molecule has 0 aliphatic carbocycles. The number of hydrogen-bond donors (Lipinski definition) is 0. The standard InChI is InChI=1S/C16H19NO4/c1-5-11-8-15(18)17(9-11)10-12-6-13(19-2)16(21-4)14(7-12)20-3/h1,6-7,11H,8-10H2,2-4H3. The van der Waals surface area contributed by atoms with Gasteiger partial charge in [0.25, 0.3) is 0 Å². The van der Waals surface area contributed by atoms with E-state index in [-0.39, 0.29) is 11.8 Å². The van der Waals surface area contributed by atoms with Gasteiger partial charge in [-0.25, -0.2) is 0 Å². The SMILES string of the molecule is C#CC1CC(=O)N(Cc2cc(OC)c(OC)c(OC)c2)C1. The molecule has 5 nitrogen and oxygen atoms in total. The smallest absolute Gasteiger partial charge is 0.224 e. The van der Waals surface area contributed by atoms with Gasteiger partial charge in [0.1, 0.15) is 0 Å². The van der Waals surface area contributed by atoms with Gasteiger partial charge in [-0.05, 0) is 17.7 Å². The van der Waals surface area contributed by atoms with E-state index in [2.05, 4.69) is 5.92 Å². The molecule has 1 amide bonds. The number of ether oxygens (including phenoxy) is 3. The Morgan fingerprint density at radius 1 is 1.24 bits per heavy atom. The zero-order valence-electron chi connectivity index (χ0n) is 12.5. The maximum Gasteiger partial charge on any atom is 0.224 e. The van der Waals surface area contributed by atoms with E-state index in [0.29, 0.717) is 36.8 Å². The molecule has 0 aromatic heterocycles. The summed E-state index contributed by atoms with van der Waals surface area (Å²) in [4.78, 5) is 13.7. The number of amides is 1. The highest BCUT2D eigenvalue weighted by Gasteiger charge is 2.28. The Labute approximate surface area is 124 Å². The number of rotatable bonds is 5. The number of terminal acetylenes is 1. The summed E-state index contributed by atoms with van der Waals surface area (Å²) in [5.41, 5.74) is 0.913. The fourth-order valence-electron chi connectivity index (χ4n) is 2.48. The van der Waals surface area contributed by atoms with Crippen molar-refractivity contribution in [2.45, 2.75) is 13.0 Å². The van der Waals surface area contributed by atoms with E-state index in [1.165, 1.54) is 0 Å². The van der Waals surface area contributed by atoms with E-state index in [1.54, 1.807) is 26.2 Å². The van der Waals surface area contributed by atoms with Crippen LogP contribution in [0.1, 0.15) is 12.0 Å². The van der Waals surface area contributed by atoms with E-state index in [1.807, 2.05) is 12.1 Å². The Hall–Kier alpha value is -2.35. The summed E-state index contributed by atoms with van der Waals surface area (Å²) in [6.45, 7) is 1.07. The van der Waals surface area contributed by atoms with Crippen LogP contribution in [0.2, 0.25) is 0 Å². The van der Waals surface area contributed by atoms with Gasteiger partial charge in [-0.3, -0.25) is 4.79 Å². The molecule has 0 bridgehead atoms. The number of hydrogen-bond acceptors (Lipinski definition) is 4. The van der Waals surface area contributed by atoms with Crippen molar-refractivity contribution in [2.75, 3.05) is 27.9 Å². The monoisotopic (exact) mass is 289 g/mol. The molecule has 0 radical (unpaired) electrons. The van der Waals surface area contributed by atoms with Gasteiger partial charge < -0.3 is 19.1 Å². The summed E-state index contributed by atoms with van der Waals surface area (Å²) in [6, 6.07) is 3.69.